The minimum atomic E-state index is 0.594. The summed E-state index contributed by atoms with van der Waals surface area (Å²) in [7, 11) is 3.29. The number of ether oxygens (including phenoxy) is 2. The van der Waals surface area contributed by atoms with Crippen LogP contribution in [0.1, 0.15) is 13.3 Å². The van der Waals surface area contributed by atoms with Crippen molar-refractivity contribution in [2.24, 2.45) is 4.99 Å². The van der Waals surface area contributed by atoms with Crippen molar-refractivity contribution in [1.29, 1.82) is 0 Å². The first-order valence-electron chi connectivity index (χ1n) is 5.97. The van der Waals surface area contributed by atoms with Crippen LogP contribution in [0.4, 0.5) is 5.69 Å². The zero-order chi connectivity index (χ0) is 13.0. The smallest absolute Gasteiger partial charge is 0.161 e. The average molecular weight is 266 g/mol. The molecule has 1 heterocycles. The number of thioether (sulfide) groups is 1. The molecule has 0 fully saturated rings. The quantitative estimate of drug-likeness (QED) is 0.909. The lowest BCUT2D eigenvalue weighted by Gasteiger charge is -2.12. The van der Waals surface area contributed by atoms with Crippen molar-refractivity contribution < 1.29 is 9.47 Å². The third-order valence-corrected chi connectivity index (χ3v) is 4.09. The van der Waals surface area contributed by atoms with E-state index in [2.05, 4.69) is 17.2 Å². The first kappa shape index (κ1) is 13.1. The van der Waals surface area contributed by atoms with Crippen LogP contribution in [-0.2, 0) is 0 Å². The molecule has 0 amide bonds. The molecular weight excluding hydrogens is 248 g/mol. The Bertz CT molecular complexity index is 449. The van der Waals surface area contributed by atoms with Gasteiger partial charge in [0.1, 0.15) is 11.5 Å². The molecule has 1 unspecified atom stereocenters. The standard InChI is InChI=1S/C13H18N2O2S/c1-4-10-8-14-13(18-10)15-11-6-5-9(16-2)7-12(11)17-3/h5-7,10H,4,8H2,1-3H3,(H,14,15). The summed E-state index contributed by atoms with van der Waals surface area (Å²) < 4.78 is 10.5. The lowest BCUT2D eigenvalue weighted by Crippen LogP contribution is -2.08. The first-order valence-corrected chi connectivity index (χ1v) is 6.85. The molecule has 0 bridgehead atoms. The Hall–Kier alpha value is -1.36. The Kier molecular flexibility index (Phi) is 4.36. The maximum absolute atomic E-state index is 5.34. The second kappa shape index (κ2) is 6.00. The molecule has 1 aromatic rings. The first-order chi connectivity index (χ1) is 8.76. The number of nitrogens with zero attached hydrogens (tertiary/aromatic N) is 1. The van der Waals surface area contributed by atoms with Gasteiger partial charge in [-0.15, -0.1) is 0 Å². The summed E-state index contributed by atoms with van der Waals surface area (Å²) in [6, 6.07) is 5.71. The van der Waals surface area contributed by atoms with Crippen molar-refractivity contribution in [3.63, 3.8) is 0 Å². The zero-order valence-electron chi connectivity index (χ0n) is 10.9. The van der Waals surface area contributed by atoms with E-state index in [0.717, 1.165) is 35.3 Å². The molecule has 1 atom stereocenters. The van der Waals surface area contributed by atoms with E-state index in [0.29, 0.717) is 5.25 Å². The monoisotopic (exact) mass is 266 g/mol. The maximum Gasteiger partial charge on any atom is 0.161 e. The lowest BCUT2D eigenvalue weighted by molar-refractivity contribution is 0.395. The number of nitrogens with one attached hydrogen (secondary N) is 1. The van der Waals surface area contributed by atoms with Crippen LogP contribution in [0.25, 0.3) is 0 Å². The Morgan fingerprint density at radius 2 is 2.22 bits per heavy atom. The summed E-state index contributed by atoms with van der Waals surface area (Å²) >= 11 is 1.79. The van der Waals surface area contributed by atoms with E-state index in [1.807, 2.05) is 18.2 Å². The highest BCUT2D eigenvalue weighted by atomic mass is 32.2. The molecule has 0 aromatic heterocycles. The van der Waals surface area contributed by atoms with Gasteiger partial charge < -0.3 is 14.8 Å². The van der Waals surface area contributed by atoms with Crippen LogP contribution in [0.3, 0.4) is 0 Å². The molecule has 98 valence electrons. The third-order valence-electron chi connectivity index (χ3n) is 2.82. The summed E-state index contributed by atoms with van der Waals surface area (Å²) in [5.41, 5.74) is 0.918. The normalized spacial score (nSPS) is 18.4. The number of rotatable bonds is 4. The average Bonchev–Trinajstić information content (AvgIpc) is 2.87. The molecule has 18 heavy (non-hydrogen) atoms. The van der Waals surface area contributed by atoms with Crippen LogP contribution in [0.15, 0.2) is 23.2 Å². The van der Waals surface area contributed by atoms with Gasteiger partial charge in [-0.3, -0.25) is 4.99 Å². The van der Waals surface area contributed by atoms with Gasteiger partial charge in [-0.25, -0.2) is 0 Å². The minimum Gasteiger partial charge on any atom is -0.497 e. The third kappa shape index (κ3) is 2.90. The van der Waals surface area contributed by atoms with E-state index in [1.165, 1.54) is 0 Å². The summed E-state index contributed by atoms with van der Waals surface area (Å²) in [5, 5.41) is 4.87. The van der Waals surface area contributed by atoms with Crippen LogP contribution in [0.2, 0.25) is 0 Å². The van der Waals surface area contributed by atoms with Gasteiger partial charge >= 0.3 is 0 Å². The van der Waals surface area contributed by atoms with Gasteiger partial charge in [-0.05, 0) is 18.6 Å². The molecule has 0 saturated heterocycles. The van der Waals surface area contributed by atoms with Crippen molar-refractivity contribution in [2.45, 2.75) is 18.6 Å². The predicted octanol–water partition coefficient (Wildman–Crippen LogP) is 3.00. The molecule has 2 rings (SSSR count). The SMILES string of the molecule is CCC1CN=C(Nc2ccc(OC)cc2OC)S1. The lowest BCUT2D eigenvalue weighted by atomic mass is 10.3. The van der Waals surface area contributed by atoms with E-state index in [1.54, 1.807) is 26.0 Å². The van der Waals surface area contributed by atoms with Crippen molar-refractivity contribution in [3.05, 3.63) is 18.2 Å². The molecule has 4 nitrogen and oxygen atoms in total. The van der Waals surface area contributed by atoms with Crippen LogP contribution in [-0.4, -0.2) is 31.2 Å². The van der Waals surface area contributed by atoms with E-state index >= 15 is 0 Å². The molecule has 1 aromatic carbocycles. The number of amidine groups is 1. The Balaban J connectivity index is 2.10. The van der Waals surface area contributed by atoms with Gasteiger partial charge in [0.25, 0.3) is 0 Å². The van der Waals surface area contributed by atoms with Gasteiger partial charge in [-0.2, -0.15) is 0 Å². The maximum atomic E-state index is 5.34. The molecular formula is C13H18N2O2S. The van der Waals surface area contributed by atoms with E-state index in [4.69, 9.17) is 9.47 Å². The Morgan fingerprint density at radius 1 is 1.39 bits per heavy atom. The Morgan fingerprint density at radius 3 is 2.83 bits per heavy atom. The number of hydrogen-bond acceptors (Lipinski definition) is 5. The number of benzene rings is 1. The molecule has 0 spiro atoms. The number of aliphatic imine (C=N–C) groups is 1. The van der Waals surface area contributed by atoms with Crippen molar-refractivity contribution in [2.75, 3.05) is 26.1 Å². The highest BCUT2D eigenvalue weighted by molar-refractivity contribution is 8.15. The zero-order valence-corrected chi connectivity index (χ0v) is 11.7. The number of anilines is 1. The predicted molar refractivity (Wildman–Crippen MR) is 77.1 cm³/mol. The van der Waals surface area contributed by atoms with E-state index < -0.39 is 0 Å². The summed E-state index contributed by atoms with van der Waals surface area (Å²) in [6.07, 6.45) is 1.14. The van der Waals surface area contributed by atoms with E-state index in [9.17, 15) is 0 Å². The summed E-state index contributed by atoms with van der Waals surface area (Å²) in [4.78, 5) is 4.48. The highest BCUT2D eigenvalue weighted by Gasteiger charge is 2.18. The topological polar surface area (TPSA) is 42.9 Å². The van der Waals surface area contributed by atoms with Crippen LogP contribution >= 0.6 is 11.8 Å². The fourth-order valence-electron chi connectivity index (χ4n) is 1.72. The molecule has 0 saturated carbocycles. The molecule has 1 N–H and O–H groups in total. The van der Waals surface area contributed by atoms with Gasteiger partial charge in [0.2, 0.25) is 0 Å². The summed E-state index contributed by atoms with van der Waals surface area (Å²) in [5.74, 6) is 1.54. The van der Waals surface area contributed by atoms with Crippen LogP contribution in [0, 0.1) is 0 Å². The fraction of sp³-hybridized carbons (Fsp3) is 0.462. The fourth-order valence-corrected chi connectivity index (χ4v) is 2.66. The van der Waals surface area contributed by atoms with Crippen LogP contribution < -0.4 is 14.8 Å². The highest BCUT2D eigenvalue weighted by Crippen LogP contribution is 2.31. The minimum absolute atomic E-state index is 0.594. The molecule has 1 aliphatic heterocycles. The molecule has 0 radical (unpaired) electrons. The number of hydrogen-bond donors (Lipinski definition) is 1. The van der Waals surface area contributed by atoms with Crippen molar-refractivity contribution >= 4 is 22.6 Å². The van der Waals surface area contributed by atoms with Crippen LogP contribution in [0.5, 0.6) is 11.5 Å². The second-order valence-electron chi connectivity index (χ2n) is 3.99. The number of methoxy groups -OCH3 is 2. The van der Waals surface area contributed by atoms with Crippen molar-refractivity contribution in [1.82, 2.24) is 0 Å². The second-order valence-corrected chi connectivity index (χ2v) is 5.27. The molecule has 5 heteroatoms. The van der Waals surface area contributed by atoms with Gasteiger partial charge in [0, 0.05) is 11.3 Å². The molecule has 0 aliphatic carbocycles. The van der Waals surface area contributed by atoms with E-state index in [-0.39, 0.29) is 0 Å². The summed E-state index contributed by atoms with van der Waals surface area (Å²) in [6.45, 7) is 3.08. The molecule has 1 aliphatic rings. The largest absolute Gasteiger partial charge is 0.497 e. The van der Waals surface area contributed by atoms with Gasteiger partial charge in [0.15, 0.2) is 5.17 Å². The van der Waals surface area contributed by atoms with Gasteiger partial charge in [0.05, 0.1) is 26.5 Å². The van der Waals surface area contributed by atoms with Gasteiger partial charge in [-0.1, -0.05) is 18.7 Å². The Labute approximate surface area is 112 Å². The van der Waals surface area contributed by atoms with Crippen molar-refractivity contribution in [3.8, 4) is 11.5 Å².